The van der Waals surface area contributed by atoms with Gasteiger partial charge in [0.25, 0.3) is 0 Å². The summed E-state index contributed by atoms with van der Waals surface area (Å²) >= 11 is 3.52. The van der Waals surface area contributed by atoms with E-state index in [0.29, 0.717) is 19.8 Å². The van der Waals surface area contributed by atoms with Crippen molar-refractivity contribution in [2.75, 3.05) is 52.5 Å². The van der Waals surface area contributed by atoms with Gasteiger partial charge >= 0.3 is 5.97 Å². The number of carbonyl (C=O) groups is 1. The van der Waals surface area contributed by atoms with E-state index >= 15 is 0 Å². The molecule has 1 aliphatic rings. The lowest BCUT2D eigenvalue weighted by Crippen LogP contribution is -2.49. The highest BCUT2D eigenvalue weighted by Gasteiger charge is 2.19. The zero-order valence-electron chi connectivity index (χ0n) is 13.9. The number of esters is 1. The van der Waals surface area contributed by atoms with Gasteiger partial charge in [0, 0.05) is 42.8 Å². The molecule has 128 valence electrons. The SMILES string of the molecule is CCOC(=O)CN1CCN(CCOc2cccc(Br)c2C)CC1. The molecule has 0 aromatic heterocycles. The first-order chi connectivity index (χ1) is 11.1. The molecule has 0 unspecified atom stereocenters. The van der Waals surface area contributed by atoms with Gasteiger partial charge in [-0.2, -0.15) is 0 Å². The molecule has 0 spiro atoms. The van der Waals surface area contributed by atoms with Crippen molar-refractivity contribution in [1.29, 1.82) is 0 Å². The molecule has 1 aliphatic heterocycles. The molecule has 0 bridgehead atoms. The van der Waals surface area contributed by atoms with Crippen molar-refractivity contribution in [1.82, 2.24) is 9.80 Å². The van der Waals surface area contributed by atoms with Crippen LogP contribution in [-0.4, -0.2) is 68.3 Å². The van der Waals surface area contributed by atoms with Gasteiger partial charge in [-0.25, -0.2) is 0 Å². The summed E-state index contributed by atoms with van der Waals surface area (Å²) in [6.07, 6.45) is 0. The Morgan fingerprint density at radius 2 is 1.91 bits per heavy atom. The smallest absolute Gasteiger partial charge is 0.320 e. The van der Waals surface area contributed by atoms with Crippen molar-refractivity contribution >= 4 is 21.9 Å². The maximum atomic E-state index is 11.5. The molecule has 0 saturated carbocycles. The van der Waals surface area contributed by atoms with Gasteiger partial charge in [-0.1, -0.05) is 22.0 Å². The summed E-state index contributed by atoms with van der Waals surface area (Å²) in [5, 5.41) is 0. The fraction of sp³-hybridized carbons (Fsp3) is 0.588. The third-order valence-electron chi connectivity index (χ3n) is 4.01. The Hall–Kier alpha value is -1.11. The van der Waals surface area contributed by atoms with E-state index in [4.69, 9.17) is 9.47 Å². The minimum atomic E-state index is -0.130. The van der Waals surface area contributed by atoms with Gasteiger partial charge in [-0.15, -0.1) is 0 Å². The second-order valence-corrected chi connectivity index (χ2v) is 6.49. The van der Waals surface area contributed by atoms with E-state index in [1.165, 1.54) is 0 Å². The first-order valence-electron chi connectivity index (χ1n) is 8.08. The molecule has 0 amide bonds. The van der Waals surface area contributed by atoms with Crippen LogP contribution in [0.2, 0.25) is 0 Å². The monoisotopic (exact) mass is 384 g/mol. The first-order valence-corrected chi connectivity index (χ1v) is 8.87. The van der Waals surface area contributed by atoms with Crippen LogP contribution < -0.4 is 4.74 Å². The number of hydrogen-bond donors (Lipinski definition) is 0. The molecule has 23 heavy (non-hydrogen) atoms. The van der Waals surface area contributed by atoms with Crippen LogP contribution in [0.1, 0.15) is 12.5 Å². The quantitative estimate of drug-likeness (QED) is 0.674. The molecule has 1 aromatic carbocycles. The van der Waals surface area contributed by atoms with Crippen LogP contribution in [0.15, 0.2) is 22.7 Å². The number of rotatable bonds is 7. The molecular weight excluding hydrogens is 360 g/mol. The van der Waals surface area contributed by atoms with Gasteiger partial charge in [0.1, 0.15) is 12.4 Å². The molecule has 6 heteroatoms. The topological polar surface area (TPSA) is 42.0 Å². The Morgan fingerprint density at radius 1 is 1.22 bits per heavy atom. The Bertz CT molecular complexity index is 517. The molecular formula is C17H25BrN2O3. The Balaban J connectivity index is 1.67. The molecule has 2 rings (SSSR count). The minimum absolute atomic E-state index is 0.130. The summed E-state index contributed by atoms with van der Waals surface area (Å²) in [7, 11) is 0. The van der Waals surface area contributed by atoms with Gasteiger partial charge < -0.3 is 9.47 Å². The van der Waals surface area contributed by atoms with Crippen molar-refractivity contribution in [2.45, 2.75) is 13.8 Å². The second-order valence-electron chi connectivity index (χ2n) is 5.63. The molecule has 0 N–H and O–H groups in total. The van der Waals surface area contributed by atoms with Crippen LogP contribution in [-0.2, 0) is 9.53 Å². The fourth-order valence-corrected chi connectivity index (χ4v) is 2.94. The number of halogens is 1. The lowest BCUT2D eigenvalue weighted by Gasteiger charge is -2.33. The maximum absolute atomic E-state index is 11.5. The van der Waals surface area contributed by atoms with Gasteiger partial charge in [0.05, 0.1) is 13.2 Å². The minimum Gasteiger partial charge on any atom is -0.492 e. The third kappa shape index (κ3) is 5.79. The molecule has 1 aromatic rings. The number of benzene rings is 1. The van der Waals surface area contributed by atoms with Gasteiger partial charge in [0.15, 0.2) is 0 Å². The Kier molecular flexibility index (Phi) is 7.33. The van der Waals surface area contributed by atoms with Crippen molar-refractivity contribution in [3.05, 3.63) is 28.2 Å². The summed E-state index contributed by atoms with van der Waals surface area (Å²) in [4.78, 5) is 16.0. The molecule has 5 nitrogen and oxygen atoms in total. The predicted molar refractivity (Wildman–Crippen MR) is 93.9 cm³/mol. The second kappa shape index (κ2) is 9.25. The fourth-order valence-electron chi connectivity index (χ4n) is 2.59. The highest BCUT2D eigenvalue weighted by atomic mass is 79.9. The highest BCUT2D eigenvalue weighted by molar-refractivity contribution is 9.10. The Labute approximate surface area is 146 Å². The number of piperazine rings is 1. The van der Waals surface area contributed by atoms with Crippen LogP contribution in [0.5, 0.6) is 5.75 Å². The summed E-state index contributed by atoms with van der Waals surface area (Å²) in [6, 6.07) is 6.00. The summed E-state index contributed by atoms with van der Waals surface area (Å²) in [6.45, 7) is 10.0. The van der Waals surface area contributed by atoms with Crippen LogP contribution in [0.3, 0.4) is 0 Å². The van der Waals surface area contributed by atoms with E-state index in [0.717, 1.165) is 48.5 Å². The molecule has 1 heterocycles. The lowest BCUT2D eigenvalue weighted by molar-refractivity contribution is -0.144. The molecule has 0 atom stereocenters. The van der Waals surface area contributed by atoms with Crippen molar-refractivity contribution in [3.8, 4) is 5.75 Å². The predicted octanol–water partition coefficient (Wildman–Crippen LogP) is 2.32. The number of carbonyl (C=O) groups excluding carboxylic acids is 1. The van der Waals surface area contributed by atoms with Gasteiger partial charge in [0.2, 0.25) is 0 Å². The van der Waals surface area contributed by atoms with Crippen LogP contribution >= 0.6 is 15.9 Å². The van der Waals surface area contributed by atoms with Crippen molar-refractivity contribution < 1.29 is 14.3 Å². The zero-order valence-corrected chi connectivity index (χ0v) is 15.5. The molecule has 0 aliphatic carbocycles. The van der Waals surface area contributed by atoms with E-state index in [-0.39, 0.29) is 5.97 Å². The molecule has 0 radical (unpaired) electrons. The lowest BCUT2D eigenvalue weighted by atomic mass is 10.2. The first kappa shape index (κ1) is 18.2. The van der Waals surface area contributed by atoms with Crippen molar-refractivity contribution in [2.24, 2.45) is 0 Å². The maximum Gasteiger partial charge on any atom is 0.320 e. The normalized spacial score (nSPS) is 16.3. The largest absolute Gasteiger partial charge is 0.492 e. The van der Waals surface area contributed by atoms with E-state index < -0.39 is 0 Å². The molecule has 1 fully saturated rings. The highest BCUT2D eigenvalue weighted by Crippen LogP contribution is 2.25. The summed E-state index contributed by atoms with van der Waals surface area (Å²) < 4.78 is 11.9. The average Bonchev–Trinajstić information content (AvgIpc) is 2.53. The van der Waals surface area contributed by atoms with Crippen molar-refractivity contribution in [3.63, 3.8) is 0 Å². The standard InChI is InChI=1S/C17H25BrN2O3/c1-3-22-17(21)13-20-9-7-19(8-10-20)11-12-23-16-6-4-5-15(18)14(16)2/h4-6H,3,7-13H2,1-2H3. The zero-order chi connectivity index (χ0) is 16.7. The van der Waals surface area contributed by atoms with E-state index in [1.54, 1.807) is 0 Å². The third-order valence-corrected chi connectivity index (χ3v) is 4.87. The van der Waals surface area contributed by atoms with E-state index in [1.807, 2.05) is 32.0 Å². The van der Waals surface area contributed by atoms with Crippen LogP contribution in [0.4, 0.5) is 0 Å². The van der Waals surface area contributed by atoms with Crippen LogP contribution in [0.25, 0.3) is 0 Å². The molecule has 1 saturated heterocycles. The Morgan fingerprint density at radius 3 is 2.61 bits per heavy atom. The summed E-state index contributed by atoms with van der Waals surface area (Å²) in [5.74, 6) is 0.801. The summed E-state index contributed by atoms with van der Waals surface area (Å²) in [5.41, 5.74) is 1.13. The van der Waals surface area contributed by atoms with E-state index in [9.17, 15) is 4.79 Å². The van der Waals surface area contributed by atoms with Gasteiger partial charge in [-0.05, 0) is 26.0 Å². The number of hydrogen-bond acceptors (Lipinski definition) is 5. The number of ether oxygens (including phenoxy) is 2. The number of nitrogens with zero attached hydrogens (tertiary/aromatic N) is 2. The van der Waals surface area contributed by atoms with E-state index in [2.05, 4.69) is 25.7 Å². The average molecular weight is 385 g/mol. The van der Waals surface area contributed by atoms with Gasteiger partial charge in [-0.3, -0.25) is 14.6 Å². The van der Waals surface area contributed by atoms with Crippen LogP contribution in [0, 0.1) is 6.92 Å².